The second-order valence-corrected chi connectivity index (χ2v) is 8.96. The number of amides is 1. The van der Waals surface area contributed by atoms with Crippen molar-refractivity contribution in [2.75, 3.05) is 11.9 Å². The normalized spacial score (nSPS) is 12.6. The maximum absolute atomic E-state index is 12.2. The minimum atomic E-state index is -0.184. The first-order valence-corrected chi connectivity index (χ1v) is 11.6. The maximum Gasteiger partial charge on any atom is 0.264 e. The second-order valence-electron chi connectivity index (χ2n) is 7.85. The van der Waals surface area contributed by atoms with Gasteiger partial charge in [-0.25, -0.2) is 4.98 Å². The fourth-order valence-electron chi connectivity index (χ4n) is 3.80. The van der Waals surface area contributed by atoms with E-state index < -0.39 is 0 Å². The third kappa shape index (κ3) is 5.48. The van der Waals surface area contributed by atoms with Gasteiger partial charge in [0, 0.05) is 17.5 Å². The van der Waals surface area contributed by atoms with Gasteiger partial charge in [0.1, 0.15) is 5.75 Å². The summed E-state index contributed by atoms with van der Waals surface area (Å²) in [5, 5.41) is 3.46. The molecule has 1 aromatic heterocycles. The Balaban J connectivity index is 1.26. The molecule has 1 heterocycles. The number of aromatic nitrogens is 1. The predicted octanol–water partition coefficient (Wildman–Crippen LogP) is 5.58. The SMILES string of the molecule is CCCCc1ccc(Cc2cnc(NC(=O)COc3ccc4c(c3)CCC4)s2)cc1. The van der Waals surface area contributed by atoms with Gasteiger partial charge in [0.2, 0.25) is 0 Å². The molecule has 30 heavy (non-hydrogen) atoms. The van der Waals surface area contributed by atoms with Crippen molar-refractivity contribution in [3.8, 4) is 5.75 Å². The summed E-state index contributed by atoms with van der Waals surface area (Å²) >= 11 is 1.51. The number of nitrogens with zero attached hydrogens (tertiary/aromatic N) is 1. The highest BCUT2D eigenvalue weighted by Gasteiger charge is 2.12. The Morgan fingerprint density at radius 1 is 1.10 bits per heavy atom. The quantitative estimate of drug-likeness (QED) is 0.491. The van der Waals surface area contributed by atoms with Crippen LogP contribution in [0, 0.1) is 0 Å². The van der Waals surface area contributed by atoms with Crippen LogP contribution in [0.3, 0.4) is 0 Å². The van der Waals surface area contributed by atoms with Crippen molar-refractivity contribution < 1.29 is 9.53 Å². The average molecular weight is 421 g/mol. The van der Waals surface area contributed by atoms with Crippen molar-refractivity contribution >= 4 is 22.4 Å². The molecule has 2 aromatic carbocycles. The molecule has 0 spiro atoms. The summed E-state index contributed by atoms with van der Waals surface area (Å²) in [6.07, 6.45) is 9.70. The number of hydrogen-bond acceptors (Lipinski definition) is 4. The Morgan fingerprint density at radius 3 is 2.73 bits per heavy atom. The summed E-state index contributed by atoms with van der Waals surface area (Å²) in [6.45, 7) is 2.21. The van der Waals surface area contributed by atoms with Crippen LogP contribution >= 0.6 is 11.3 Å². The van der Waals surface area contributed by atoms with E-state index in [1.807, 2.05) is 12.3 Å². The van der Waals surface area contributed by atoms with Gasteiger partial charge in [-0.05, 0) is 66.5 Å². The minimum Gasteiger partial charge on any atom is -0.484 e. The lowest BCUT2D eigenvalue weighted by atomic mass is 10.0. The number of ether oxygens (including phenoxy) is 1. The largest absolute Gasteiger partial charge is 0.484 e. The Labute approximate surface area is 182 Å². The molecular weight excluding hydrogens is 392 g/mol. The number of fused-ring (bicyclic) bond motifs is 1. The standard InChI is InChI=1S/C25H28N2O2S/c1-2-3-5-18-8-10-19(11-9-18)14-23-16-26-25(30-23)27-24(28)17-29-22-13-12-20-6-4-7-21(20)15-22/h8-13,15-16H,2-7,14,17H2,1H3,(H,26,27,28). The van der Waals surface area contributed by atoms with E-state index in [2.05, 4.69) is 53.6 Å². The van der Waals surface area contributed by atoms with Crippen molar-refractivity contribution in [3.63, 3.8) is 0 Å². The monoisotopic (exact) mass is 420 g/mol. The lowest BCUT2D eigenvalue weighted by Crippen LogP contribution is -2.20. The fraction of sp³-hybridized carbons (Fsp3) is 0.360. The second kappa shape index (κ2) is 9.90. The number of unbranched alkanes of at least 4 members (excludes halogenated alkanes) is 1. The molecule has 1 amide bonds. The van der Waals surface area contributed by atoms with Gasteiger partial charge in [-0.3, -0.25) is 10.1 Å². The molecule has 4 rings (SSSR count). The van der Waals surface area contributed by atoms with Crippen LogP contribution in [0.5, 0.6) is 5.75 Å². The molecule has 0 radical (unpaired) electrons. The zero-order valence-corrected chi connectivity index (χ0v) is 18.3. The summed E-state index contributed by atoms with van der Waals surface area (Å²) in [7, 11) is 0. The van der Waals surface area contributed by atoms with Gasteiger partial charge in [-0.1, -0.05) is 43.7 Å². The van der Waals surface area contributed by atoms with E-state index in [0.717, 1.165) is 36.3 Å². The summed E-state index contributed by atoms with van der Waals surface area (Å²) < 4.78 is 5.67. The minimum absolute atomic E-state index is 0.00702. The van der Waals surface area contributed by atoms with Crippen LogP contribution in [0.1, 0.15) is 53.3 Å². The van der Waals surface area contributed by atoms with Gasteiger partial charge in [0.25, 0.3) is 5.91 Å². The third-order valence-corrected chi connectivity index (χ3v) is 6.37. The van der Waals surface area contributed by atoms with Gasteiger partial charge in [-0.2, -0.15) is 0 Å². The van der Waals surface area contributed by atoms with E-state index in [9.17, 15) is 4.79 Å². The summed E-state index contributed by atoms with van der Waals surface area (Å²) in [5.41, 5.74) is 5.39. The topological polar surface area (TPSA) is 51.2 Å². The van der Waals surface area contributed by atoms with Crippen LogP contribution in [0.4, 0.5) is 5.13 Å². The van der Waals surface area contributed by atoms with E-state index >= 15 is 0 Å². The van der Waals surface area contributed by atoms with Crippen molar-refractivity contribution in [2.24, 2.45) is 0 Å². The number of benzene rings is 2. The molecule has 0 bridgehead atoms. The molecule has 1 aliphatic rings. The van der Waals surface area contributed by atoms with Crippen LogP contribution < -0.4 is 10.1 Å². The molecular formula is C25H28N2O2S. The zero-order chi connectivity index (χ0) is 20.8. The highest BCUT2D eigenvalue weighted by Crippen LogP contribution is 2.26. The number of thiazole rings is 1. The highest BCUT2D eigenvalue weighted by molar-refractivity contribution is 7.15. The first kappa shape index (κ1) is 20.6. The number of hydrogen-bond donors (Lipinski definition) is 1. The maximum atomic E-state index is 12.2. The van der Waals surface area contributed by atoms with E-state index in [4.69, 9.17) is 4.74 Å². The van der Waals surface area contributed by atoms with Crippen LogP contribution in [0.25, 0.3) is 0 Å². The Hall–Kier alpha value is -2.66. The van der Waals surface area contributed by atoms with Crippen molar-refractivity contribution in [1.82, 2.24) is 4.98 Å². The van der Waals surface area contributed by atoms with E-state index in [1.54, 1.807) is 0 Å². The number of rotatable bonds is 9. The summed E-state index contributed by atoms with van der Waals surface area (Å²) in [4.78, 5) is 17.7. The van der Waals surface area contributed by atoms with Crippen LogP contribution in [-0.2, 0) is 30.5 Å². The van der Waals surface area contributed by atoms with E-state index in [1.165, 1.54) is 52.9 Å². The van der Waals surface area contributed by atoms with Gasteiger partial charge >= 0.3 is 0 Å². The molecule has 0 aliphatic heterocycles. The Kier molecular flexibility index (Phi) is 6.80. The van der Waals surface area contributed by atoms with Crippen LogP contribution in [0.15, 0.2) is 48.7 Å². The lowest BCUT2D eigenvalue weighted by Gasteiger charge is -2.07. The number of aryl methyl sites for hydroxylation is 3. The van der Waals surface area contributed by atoms with E-state index in [0.29, 0.717) is 5.13 Å². The molecule has 0 saturated heterocycles. The van der Waals surface area contributed by atoms with Crippen molar-refractivity contribution in [2.45, 2.75) is 51.9 Å². The molecule has 156 valence electrons. The number of nitrogens with one attached hydrogen (secondary N) is 1. The van der Waals surface area contributed by atoms with Gasteiger partial charge in [-0.15, -0.1) is 11.3 Å². The first-order valence-electron chi connectivity index (χ1n) is 10.8. The van der Waals surface area contributed by atoms with Gasteiger partial charge < -0.3 is 4.74 Å². The van der Waals surface area contributed by atoms with Crippen LogP contribution in [0.2, 0.25) is 0 Å². The van der Waals surface area contributed by atoms with E-state index in [-0.39, 0.29) is 12.5 Å². The number of carbonyl (C=O) groups is 1. The van der Waals surface area contributed by atoms with Crippen LogP contribution in [-0.4, -0.2) is 17.5 Å². The molecule has 0 unspecified atom stereocenters. The first-order chi connectivity index (χ1) is 14.7. The van der Waals surface area contributed by atoms with Gasteiger partial charge in [0.05, 0.1) is 0 Å². The molecule has 1 aliphatic carbocycles. The fourth-order valence-corrected chi connectivity index (χ4v) is 4.66. The molecule has 0 fully saturated rings. The van der Waals surface area contributed by atoms with Crippen molar-refractivity contribution in [3.05, 3.63) is 75.8 Å². The molecule has 5 heteroatoms. The Morgan fingerprint density at radius 2 is 1.90 bits per heavy atom. The molecule has 3 aromatic rings. The Bertz CT molecular complexity index is 995. The molecule has 0 atom stereocenters. The highest BCUT2D eigenvalue weighted by atomic mass is 32.1. The summed E-state index contributed by atoms with van der Waals surface area (Å²) in [5.74, 6) is 0.574. The van der Waals surface area contributed by atoms with Gasteiger partial charge in [0.15, 0.2) is 11.7 Å². The molecule has 1 N–H and O–H groups in total. The summed E-state index contributed by atoms with van der Waals surface area (Å²) in [6, 6.07) is 14.9. The lowest BCUT2D eigenvalue weighted by molar-refractivity contribution is -0.118. The average Bonchev–Trinajstić information content (AvgIpc) is 3.40. The molecule has 0 saturated carbocycles. The zero-order valence-electron chi connectivity index (χ0n) is 17.4. The predicted molar refractivity (Wildman–Crippen MR) is 123 cm³/mol. The molecule has 4 nitrogen and oxygen atoms in total. The smallest absolute Gasteiger partial charge is 0.264 e. The number of anilines is 1. The van der Waals surface area contributed by atoms with Crippen molar-refractivity contribution in [1.29, 1.82) is 0 Å². The number of carbonyl (C=O) groups excluding carboxylic acids is 1. The third-order valence-electron chi connectivity index (χ3n) is 5.46.